The van der Waals surface area contributed by atoms with Gasteiger partial charge in [0.25, 0.3) is 0 Å². The van der Waals surface area contributed by atoms with Crippen LogP contribution >= 0.6 is 12.2 Å². The molecule has 0 fully saturated rings. The Morgan fingerprint density at radius 1 is 1.67 bits per heavy atom. The van der Waals surface area contributed by atoms with E-state index in [0.717, 1.165) is 19.3 Å². The second-order valence-electron chi connectivity index (χ2n) is 1.10. The van der Waals surface area contributed by atoms with Crippen molar-refractivity contribution < 1.29 is 0 Å². The molecule has 0 aliphatic heterocycles. The molecule has 0 bridgehead atoms. The zero-order chi connectivity index (χ0) is 4.83. The fourth-order valence-corrected chi connectivity index (χ4v) is 0.342. The van der Waals surface area contributed by atoms with Gasteiger partial charge in [0.15, 0.2) is 0 Å². The molecule has 2 radical (unpaired) electrons. The molecule has 0 rings (SSSR count). The van der Waals surface area contributed by atoms with Gasteiger partial charge in [0.1, 0.15) is 0 Å². The SMILES string of the molecule is [CH2]CCC[C]=S. The number of thiocarbonyl (C=S) groups is 1. The van der Waals surface area contributed by atoms with Gasteiger partial charge in [-0.3, -0.25) is 0 Å². The van der Waals surface area contributed by atoms with Crippen LogP contribution in [-0.2, 0) is 0 Å². The van der Waals surface area contributed by atoms with E-state index in [1.807, 2.05) is 0 Å². The molecule has 0 unspecified atom stereocenters. The van der Waals surface area contributed by atoms with Gasteiger partial charge in [-0.15, -0.1) is 0 Å². The Balaban J connectivity index is 2.49. The minimum atomic E-state index is 0.916. The second-order valence-corrected chi connectivity index (χ2v) is 1.39. The third-order valence-corrected chi connectivity index (χ3v) is 0.733. The van der Waals surface area contributed by atoms with Crippen LogP contribution in [0.4, 0.5) is 0 Å². The Morgan fingerprint density at radius 2 is 2.33 bits per heavy atom. The standard InChI is InChI=1S/C5H8S/c1-2-3-4-5-6/h1-4H2. The molecule has 0 saturated heterocycles. The quantitative estimate of drug-likeness (QED) is 0.385. The topological polar surface area (TPSA) is 0 Å². The maximum absolute atomic E-state index is 4.44. The van der Waals surface area contributed by atoms with E-state index in [-0.39, 0.29) is 0 Å². The van der Waals surface area contributed by atoms with Gasteiger partial charge in [0, 0.05) is 5.37 Å². The van der Waals surface area contributed by atoms with Crippen LogP contribution in [0.3, 0.4) is 0 Å². The third kappa shape index (κ3) is 4.09. The summed E-state index contributed by atoms with van der Waals surface area (Å²) < 4.78 is 0. The van der Waals surface area contributed by atoms with Gasteiger partial charge in [-0.25, -0.2) is 0 Å². The minimum absolute atomic E-state index is 0.916. The highest BCUT2D eigenvalue weighted by Crippen LogP contribution is 1.87. The van der Waals surface area contributed by atoms with Crippen LogP contribution < -0.4 is 0 Å². The van der Waals surface area contributed by atoms with Crippen molar-refractivity contribution in [1.82, 2.24) is 0 Å². The van der Waals surface area contributed by atoms with Crippen molar-refractivity contribution in [3.63, 3.8) is 0 Å². The molecule has 0 aliphatic rings. The summed E-state index contributed by atoms with van der Waals surface area (Å²) in [6, 6.07) is 0. The van der Waals surface area contributed by atoms with Crippen molar-refractivity contribution in [2.45, 2.75) is 19.3 Å². The molecule has 34 valence electrons. The summed E-state index contributed by atoms with van der Waals surface area (Å²) in [5.41, 5.74) is 0. The summed E-state index contributed by atoms with van der Waals surface area (Å²) in [4.78, 5) is 0. The molecule has 0 heterocycles. The molecule has 0 spiro atoms. The summed E-state index contributed by atoms with van der Waals surface area (Å²) in [7, 11) is 0. The lowest BCUT2D eigenvalue weighted by Crippen LogP contribution is -1.68. The third-order valence-electron chi connectivity index (χ3n) is 0.529. The molecule has 0 nitrogen and oxygen atoms in total. The molecular formula is C5H8S. The van der Waals surface area contributed by atoms with Crippen LogP contribution in [0.1, 0.15) is 19.3 Å². The van der Waals surface area contributed by atoms with Gasteiger partial charge in [0.2, 0.25) is 0 Å². The summed E-state index contributed by atoms with van der Waals surface area (Å²) in [5.74, 6) is 0. The van der Waals surface area contributed by atoms with Crippen LogP contribution in [0.5, 0.6) is 0 Å². The average molecular weight is 100 g/mol. The second kappa shape index (κ2) is 5.09. The van der Waals surface area contributed by atoms with Gasteiger partial charge in [-0.2, -0.15) is 0 Å². The highest BCUT2D eigenvalue weighted by atomic mass is 32.1. The molecule has 0 N–H and O–H groups in total. The Morgan fingerprint density at radius 3 is 2.50 bits per heavy atom. The molecule has 0 aliphatic carbocycles. The maximum atomic E-state index is 4.44. The van der Waals surface area contributed by atoms with Crippen molar-refractivity contribution in [3.05, 3.63) is 6.92 Å². The van der Waals surface area contributed by atoms with E-state index in [1.165, 1.54) is 0 Å². The van der Waals surface area contributed by atoms with Crippen molar-refractivity contribution >= 4 is 17.6 Å². The van der Waals surface area contributed by atoms with E-state index in [0.29, 0.717) is 0 Å². The lowest BCUT2D eigenvalue weighted by molar-refractivity contribution is 0.907. The molecule has 0 atom stereocenters. The number of rotatable bonds is 3. The molecule has 0 aromatic heterocycles. The van der Waals surface area contributed by atoms with Crippen LogP contribution in [0.15, 0.2) is 0 Å². The van der Waals surface area contributed by atoms with Crippen LogP contribution in [0, 0.1) is 6.92 Å². The van der Waals surface area contributed by atoms with Gasteiger partial charge < -0.3 is 0 Å². The van der Waals surface area contributed by atoms with Crippen molar-refractivity contribution in [2.24, 2.45) is 0 Å². The van der Waals surface area contributed by atoms with Crippen LogP contribution in [-0.4, -0.2) is 5.37 Å². The Kier molecular flexibility index (Phi) is 5.17. The lowest BCUT2D eigenvalue weighted by Gasteiger charge is -1.79. The molecule has 0 amide bonds. The Labute approximate surface area is 44.6 Å². The first kappa shape index (κ1) is 6.09. The molecule has 0 aromatic rings. The van der Waals surface area contributed by atoms with Crippen molar-refractivity contribution in [1.29, 1.82) is 0 Å². The van der Waals surface area contributed by atoms with E-state index < -0.39 is 0 Å². The summed E-state index contributed by atoms with van der Waals surface area (Å²) in [5, 5.41) is 2.61. The largest absolute Gasteiger partial charge is 0.0837 e. The van der Waals surface area contributed by atoms with Gasteiger partial charge in [-0.1, -0.05) is 25.6 Å². The zero-order valence-corrected chi connectivity index (χ0v) is 4.55. The van der Waals surface area contributed by atoms with Crippen LogP contribution in [0.2, 0.25) is 0 Å². The monoisotopic (exact) mass is 100 g/mol. The van der Waals surface area contributed by atoms with E-state index >= 15 is 0 Å². The number of unbranched alkanes of at least 4 members (excludes halogenated alkanes) is 2. The van der Waals surface area contributed by atoms with Gasteiger partial charge in [-0.05, 0) is 12.8 Å². The highest BCUT2D eigenvalue weighted by Gasteiger charge is 1.73. The molecular weight excluding hydrogens is 92.1 g/mol. The normalized spacial score (nSPS) is 8.17. The fraction of sp³-hybridized carbons (Fsp3) is 0.600. The summed E-state index contributed by atoms with van der Waals surface area (Å²) in [6.07, 6.45) is 2.98. The van der Waals surface area contributed by atoms with Crippen molar-refractivity contribution in [3.8, 4) is 0 Å². The zero-order valence-electron chi connectivity index (χ0n) is 3.74. The first-order valence-electron chi connectivity index (χ1n) is 2.06. The van der Waals surface area contributed by atoms with E-state index in [4.69, 9.17) is 0 Å². The number of hydrogen-bond acceptors (Lipinski definition) is 1. The van der Waals surface area contributed by atoms with Crippen LogP contribution in [0.25, 0.3) is 0 Å². The van der Waals surface area contributed by atoms with Gasteiger partial charge in [0.05, 0.1) is 0 Å². The molecule has 6 heavy (non-hydrogen) atoms. The predicted octanol–water partition coefficient (Wildman–Crippen LogP) is 1.87. The summed E-state index contributed by atoms with van der Waals surface area (Å²) >= 11 is 4.44. The molecule has 0 aromatic carbocycles. The van der Waals surface area contributed by atoms with E-state index in [2.05, 4.69) is 24.5 Å². The average Bonchev–Trinajstić information content (AvgIpc) is 1.61. The Bertz CT molecular complexity index is 32.9. The Hall–Kier alpha value is 0.0900. The maximum Gasteiger partial charge on any atom is 0.0291 e. The molecule has 1 heteroatoms. The first-order chi connectivity index (χ1) is 2.91. The lowest BCUT2D eigenvalue weighted by atomic mass is 10.3. The van der Waals surface area contributed by atoms with Crippen molar-refractivity contribution in [2.75, 3.05) is 0 Å². The minimum Gasteiger partial charge on any atom is -0.0837 e. The number of hydrogen-bond donors (Lipinski definition) is 0. The molecule has 0 saturated carbocycles. The fourth-order valence-electron chi connectivity index (χ4n) is 0.197. The first-order valence-corrected chi connectivity index (χ1v) is 2.47. The van der Waals surface area contributed by atoms with E-state index in [1.54, 1.807) is 0 Å². The highest BCUT2D eigenvalue weighted by molar-refractivity contribution is 7.78. The predicted molar refractivity (Wildman–Crippen MR) is 31.8 cm³/mol. The summed E-state index contributed by atoms with van der Waals surface area (Å²) in [6.45, 7) is 3.64. The van der Waals surface area contributed by atoms with E-state index in [9.17, 15) is 0 Å². The van der Waals surface area contributed by atoms with Gasteiger partial charge >= 0.3 is 0 Å². The smallest absolute Gasteiger partial charge is 0.0291 e.